The molecular weight excluding hydrogens is 617 g/mol. The van der Waals surface area contributed by atoms with Crippen molar-refractivity contribution in [1.29, 1.82) is 0 Å². The number of anilines is 2. The van der Waals surface area contributed by atoms with Crippen LogP contribution >= 0.6 is 0 Å². The molecule has 0 N–H and O–H groups in total. The average molecular weight is 659 g/mol. The summed E-state index contributed by atoms with van der Waals surface area (Å²) in [5, 5.41) is 2.52. The monoisotopic (exact) mass is 658 g/mol. The molecule has 10 rings (SSSR count). The Morgan fingerprint density at radius 2 is 1.14 bits per heavy atom. The van der Waals surface area contributed by atoms with Crippen LogP contribution in [0.3, 0.4) is 0 Å². The van der Waals surface area contributed by atoms with Crippen molar-refractivity contribution in [2.24, 2.45) is 0 Å². The van der Waals surface area contributed by atoms with Crippen LogP contribution in [0.2, 0.25) is 0 Å². The number of nitrogens with zero attached hydrogens (tertiary/aromatic N) is 2. The van der Waals surface area contributed by atoms with Crippen molar-refractivity contribution in [2.45, 2.75) is 57.3 Å². The van der Waals surface area contributed by atoms with Gasteiger partial charge in [0.2, 0.25) is 0 Å². The van der Waals surface area contributed by atoms with Crippen molar-refractivity contribution in [2.75, 3.05) is 4.90 Å². The molecule has 0 spiro atoms. The zero-order valence-corrected chi connectivity index (χ0v) is 30.0. The van der Waals surface area contributed by atoms with Crippen LogP contribution in [0.15, 0.2) is 163 Å². The molecule has 0 bridgehead atoms. The highest BCUT2D eigenvalue weighted by Gasteiger charge is 2.50. The topological polar surface area (TPSA) is 8.17 Å². The molecule has 0 saturated carbocycles. The molecule has 3 aliphatic rings. The van der Waals surface area contributed by atoms with E-state index in [1.54, 1.807) is 0 Å². The van der Waals surface area contributed by atoms with Gasteiger partial charge in [0, 0.05) is 49.8 Å². The van der Waals surface area contributed by atoms with Gasteiger partial charge in [0.05, 0.1) is 11.0 Å². The molecule has 7 aromatic rings. The number of para-hydroxylation sites is 2. The summed E-state index contributed by atoms with van der Waals surface area (Å²) in [4.78, 5) is 2.53. The van der Waals surface area contributed by atoms with E-state index < -0.39 is 0 Å². The van der Waals surface area contributed by atoms with Crippen LogP contribution in [0.1, 0.15) is 63.3 Å². The normalized spacial score (nSPS) is 19.2. The number of fused-ring (bicyclic) bond motifs is 9. The molecule has 51 heavy (non-hydrogen) atoms. The van der Waals surface area contributed by atoms with E-state index in [0.29, 0.717) is 0 Å². The van der Waals surface area contributed by atoms with E-state index in [0.717, 1.165) is 6.42 Å². The summed E-state index contributed by atoms with van der Waals surface area (Å²) in [6.45, 7) is 12.0. The summed E-state index contributed by atoms with van der Waals surface area (Å²) in [6.07, 6.45) is 5.98. The first-order chi connectivity index (χ1) is 24.7. The van der Waals surface area contributed by atoms with Gasteiger partial charge >= 0.3 is 0 Å². The van der Waals surface area contributed by atoms with Gasteiger partial charge in [0.1, 0.15) is 0 Å². The molecule has 1 aromatic heterocycles. The minimum Gasteiger partial charge on any atom is -0.311 e. The summed E-state index contributed by atoms with van der Waals surface area (Å²) in [5.74, 6) is 0. The lowest BCUT2D eigenvalue weighted by Gasteiger charge is -2.38. The third-order valence-electron chi connectivity index (χ3n) is 12.5. The van der Waals surface area contributed by atoms with Crippen molar-refractivity contribution in [3.8, 4) is 16.8 Å². The van der Waals surface area contributed by atoms with E-state index in [9.17, 15) is 0 Å². The highest BCUT2D eigenvalue weighted by atomic mass is 15.1. The number of allylic oxidation sites excluding steroid dienone is 3. The Labute approximate surface area is 301 Å². The summed E-state index contributed by atoms with van der Waals surface area (Å²) < 4.78 is 2.40. The molecule has 1 heterocycles. The highest BCUT2D eigenvalue weighted by molar-refractivity contribution is 6.10. The maximum absolute atomic E-state index is 2.53. The Hall–Kier alpha value is -5.60. The maximum atomic E-state index is 2.53. The number of aromatic nitrogens is 1. The molecule has 2 nitrogen and oxygen atoms in total. The van der Waals surface area contributed by atoms with Crippen molar-refractivity contribution in [3.63, 3.8) is 0 Å². The Morgan fingerprint density at radius 1 is 0.510 bits per heavy atom. The molecule has 2 heteroatoms. The van der Waals surface area contributed by atoms with Gasteiger partial charge in [-0.15, -0.1) is 0 Å². The molecular formula is C49H42N2. The summed E-state index contributed by atoms with van der Waals surface area (Å²) in [5.41, 5.74) is 16.9. The second-order valence-electron chi connectivity index (χ2n) is 16.0. The van der Waals surface area contributed by atoms with Crippen molar-refractivity contribution < 1.29 is 0 Å². The second kappa shape index (κ2) is 10.5. The molecule has 1 atom stereocenters. The van der Waals surface area contributed by atoms with Gasteiger partial charge in [-0.1, -0.05) is 132 Å². The van der Waals surface area contributed by atoms with Crippen molar-refractivity contribution in [1.82, 2.24) is 4.57 Å². The molecule has 0 fully saturated rings. The fraction of sp³-hybridized carbons (Fsp3) is 0.184. The van der Waals surface area contributed by atoms with E-state index >= 15 is 0 Å². The summed E-state index contributed by atoms with van der Waals surface area (Å²) >= 11 is 0. The number of benzene rings is 6. The third kappa shape index (κ3) is 4.11. The first kappa shape index (κ1) is 30.2. The lowest BCUT2D eigenvalue weighted by molar-refractivity contribution is 0.508. The van der Waals surface area contributed by atoms with E-state index in [2.05, 4.69) is 196 Å². The molecule has 1 unspecified atom stereocenters. The maximum Gasteiger partial charge on any atom is 0.0542 e. The molecule has 0 amide bonds. The molecule has 6 aromatic carbocycles. The van der Waals surface area contributed by atoms with E-state index in [-0.39, 0.29) is 16.2 Å². The van der Waals surface area contributed by atoms with Crippen LogP contribution in [-0.2, 0) is 16.2 Å². The van der Waals surface area contributed by atoms with Gasteiger partial charge in [0.25, 0.3) is 0 Å². The first-order valence-electron chi connectivity index (χ1n) is 18.3. The quantitative estimate of drug-likeness (QED) is 0.183. The van der Waals surface area contributed by atoms with Gasteiger partial charge in [-0.2, -0.15) is 0 Å². The first-order valence-corrected chi connectivity index (χ1v) is 18.3. The molecule has 3 aliphatic carbocycles. The SMILES string of the molecule is CC1(C)C2=CC(N(c3ccc4c(c3)C(C)(C)c3ccccc3-4)c3ccc4c(c3)c3ccccc3n4-c3ccccc3)=CCC2(C)c2ccccc21. The lowest BCUT2D eigenvalue weighted by Crippen LogP contribution is -2.30. The smallest absolute Gasteiger partial charge is 0.0542 e. The second-order valence-corrected chi connectivity index (χ2v) is 16.0. The number of rotatable bonds is 4. The van der Waals surface area contributed by atoms with Crippen LogP contribution < -0.4 is 4.90 Å². The third-order valence-corrected chi connectivity index (χ3v) is 12.5. The van der Waals surface area contributed by atoms with Crippen LogP contribution in [0, 0.1) is 0 Å². The Kier molecular flexibility index (Phi) is 6.20. The predicted octanol–water partition coefficient (Wildman–Crippen LogP) is 12.7. The number of hydrogen-bond acceptors (Lipinski definition) is 1. The van der Waals surface area contributed by atoms with Gasteiger partial charge < -0.3 is 9.47 Å². The molecule has 0 aliphatic heterocycles. The van der Waals surface area contributed by atoms with Gasteiger partial charge in [0.15, 0.2) is 0 Å². The Bertz CT molecular complexity index is 2630. The molecule has 0 saturated heterocycles. The van der Waals surface area contributed by atoms with Gasteiger partial charge in [-0.3, -0.25) is 0 Å². The Morgan fingerprint density at radius 3 is 1.96 bits per heavy atom. The number of hydrogen-bond donors (Lipinski definition) is 0. The minimum absolute atomic E-state index is 0.0239. The standard InChI is InChI=1S/C49H42N2/c1-47(2)40-19-11-9-17-36(40)37-25-23-34(30-43(37)47)50(35-27-28-49(5)42-21-13-12-20-41(42)48(3,4)46(49)31-35)33-24-26-45-39(29-33)38-18-10-14-22-44(38)51(45)32-15-7-6-8-16-32/h6-27,29-31H,28H2,1-5H3. The largest absolute Gasteiger partial charge is 0.311 e. The van der Waals surface area contributed by atoms with Gasteiger partial charge in [-0.25, -0.2) is 0 Å². The highest BCUT2D eigenvalue weighted by Crippen LogP contribution is 2.58. The fourth-order valence-corrected chi connectivity index (χ4v) is 9.95. The zero-order chi connectivity index (χ0) is 34.7. The van der Waals surface area contributed by atoms with Gasteiger partial charge in [-0.05, 0) is 100.0 Å². The summed E-state index contributed by atoms with van der Waals surface area (Å²) in [7, 11) is 0. The molecule has 248 valence electrons. The zero-order valence-electron chi connectivity index (χ0n) is 30.0. The minimum atomic E-state index is -0.0895. The van der Waals surface area contributed by atoms with Crippen LogP contribution in [-0.4, -0.2) is 4.57 Å². The summed E-state index contributed by atoms with van der Waals surface area (Å²) in [6, 6.07) is 51.9. The van der Waals surface area contributed by atoms with E-state index in [4.69, 9.17) is 0 Å². The Balaban J connectivity index is 1.20. The van der Waals surface area contributed by atoms with Crippen molar-refractivity contribution >= 4 is 33.2 Å². The van der Waals surface area contributed by atoms with Crippen LogP contribution in [0.4, 0.5) is 11.4 Å². The fourth-order valence-electron chi connectivity index (χ4n) is 9.95. The van der Waals surface area contributed by atoms with Crippen molar-refractivity contribution in [3.05, 3.63) is 185 Å². The average Bonchev–Trinajstić information content (AvgIpc) is 3.67. The predicted molar refractivity (Wildman–Crippen MR) is 215 cm³/mol. The van der Waals surface area contributed by atoms with E-state index in [1.807, 2.05) is 0 Å². The molecule has 0 radical (unpaired) electrons. The van der Waals surface area contributed by atoms with Crippen LogP contribution in [0.25, 0.3) is 38.6 Å². The lowest BCUT2D eigenvalue weighted by atomic mass is 9.70. The van der Waals surface area contributed by atoms with Crippen LogP contribution in [0.5, 0.6) is 0 Å². The van der Waals surface area contributed by atoms with E-state index in [1.165, 1.54) is 83.5 Å².